The second kappa shape index (κ2) is 7.87. The van der Waals surface area contributed by atoms with Crippen molar-refractivity contribution in [2.24, 2.45) is 0 Å². The number of hydrogen-bond acceptors (Lipinski definition) is 4. The van der Waals surface area contributed by atoms with E-state index in [4.69, 9.17) is 27.9 Å². The third-order valence-corrected chi connectivity index (χ3v) is 5.37. The van der Waals surface area contributed by atoms with Crippen molar-refractivity contribution in [2.45, 2.75) is 6.54 Å². The van der Waals surface area contributed by atoms with Gasteiger partial charge >= 0.3 is 5.97 Å². The van der Waals surface area contributed by atoms with E-state index in [1.807, 2.05) is 36.4 Å². The minimum Gasteiger partial charge on any atom is -0.451 e. The first-order valence-electron chi connectivity index (χ1n) is 7.40. The maximum absolute atomic E-state index is 12.2. The van der Waals surface area contributed by atoms with E-state index in [0.29, 0.717) is 21.5 Å². The highest BCUT2D eigenvalue weighted by Gasteiger charge is 2.19. The maximum atomic E-state index is 12.2. The molecule has 4 nitrogen and oxygen atoms in total. The Hall–Kier alpha value is -2.08. The number of esters is 1. The van der Waals surface area contributed by atoms with E-state index in [-0.39, 0.29) is 12.5 Å². The van der Waals surface area contributed by atoms with Crippen molar-refractivity contribution in [3.63, 3.8) is 0 Å². The minimum absolute atomic E-state index is 0.299. The first kappa shape index (κ1) is 17.7. The summed E-state index contributed by atoms with van der Waals surface area (Å²) in [6, 6.07) is 14.5. The van der Waals surface area contributed by atoms with Crippen molar-refractivity contribution in [1.29, 1.82) is 0 Å². The van der Waals surface area contributed by atoms with Crippen LogP contribution in [0.15, 0.2) is 48.5 Å². The van der Waals surface area contributed by atoms with E-state index >= 15 is 0 Å². The number of thiophene rings is 1. The lowest BCUT2D eigenvalue weighted by molar-refractivity contribution is -0.124. The van der Waals surface area contributed by atoms with Crippen molar-refractivity contribution in [3.05, 3.63) is 69.0 Å². The van der Waals surface area contributed by atoms with Crippen LogP contribution in [0.1, 0.15) is 15.2 Å². The molecule has 1 aromatic heterocycles. The molecule has 7 heteroatoms. The van der Waals surface area contributed by atoms with Gasteiger partial charge in [-0.25, -0.2) is 4.79 Å². The van der Waals surface area contributed by atoms with Gasteiger partial charge in [0.1, 0.15) is 4.88 Å². The predicted octanol–water partition coefficient (Wildman–Crippen LogP) is 4.68. The van der Waals surface area contributed by atoms with E-state index in [1.165, 1.54) is 11.3 Å². The number of fused-ring (bicyclic) bond motifs is 1. The van der Waals surface area contributed by atoms with Crippen LogP contribution in [0, 0.1) is 0 Å². The number of hydrogen-bond donors (Lipinski definition) is 1. The Morgan fingerprint density at radius 1 is 1.04 bits per heavy atom. The number of halogens is 2. The Bertz CT molecular complexity index is 922. The summed E-state index contributed by atoms with van der Waals surface area (Å²) >= 11 is 13.3. The molecule has 25 heavy (non-hydrogen) atoms. The van der Waals surface area contributed by atoms with Crippen LogP contribution in [0.25, 0.3) is 10.1 Å². The van der Waals surface area contributed by atoms with Crippen LogP contribution in [0.3, 0.4) is 0 Å². The molecule has 3 aromatic rings. The molecule has 0 unspecified atom stereocenters. The molecule has 0 aliphatic heterocycles. The second-order valence-corrected chi connectivity index (χ2v) is 7.09. The highest BCUT2D eigenvalue weighted by molar-refractivity contribution is 7.21. The fraction of sp³-hybridized carbons (Fsp3) is 0.111. The van der Waals surface area contributed by atoms with Gasteiger partial charge in [-0.2, -0.15) is 0 Å². The summed E-state index contributed by atoms with van der Waals surface area (Å²) < 4.78 is 5.96. The minimum atomic E-state index is -0.604. The maximum Gasteiger partial charge on any atom is 0.350 e. The molecule has 0 fully saturated rings. The summed E-state index contributed by atoms with van der Waals surface area (Å²) in [4.78, 5) is 24.3. The molecule has 0 spiro atoms. The topological polar surface area (TPSA) is 55.4 Å². The quantitative estimate of drug-likeness (QED) is 0.640. The average Bonchev–Trinajstić information content (AvgIpc) is 2.96. The van der Waals surface area contributed by atoms with E-state index < -0.39 is 5.97 Å². The molecular formula is C18H13Cl2NO3S. The Labute approximate surface area is 158 Å². The van der Waals surface area contributed by atoms with E-state index in [2.05, 4.69) is 5.32 Å². The number of nitrogens with one attached hydrogen (secondary N) is 1. The molecule has 0 saturated carbocycles. The Kier molecular flexibility index (Phi) is 5.58. The van der Waals surface area contributed by atoms with Crippen LogP contribution < -0.4 is 5.32 Å². The van der Waals surface area contributed by atoms with Crippen molar-refractivity contribution in [1.82, 2.24) is 5.32 Å². The van der Waals surface area contributed by atoms with Gasteiger partial charge in [-0.15, -0.1) is 11.3 Å². The molecule has 1 N–H and O–H groups in total. The number of ether oxygens (including phenoxy) is 1. The van der Waals surface area contributed by atoms with Gasteiger partial charge in [0.25, 0.3) is 5.91 Å². The van der Waals surface area contributed by atoms with Crippen molar-refractivity contribution in [3.8, 4) is 0 Å². The standard InChI is InChI=1S/C18H13Cl2NO3S/c19-12-7-5-11(6-8-12)9-21-15(22)10-24-18(23)17-16(20)13-3-1-2-4-14(13)25-17/h1-8H,9-10H2,(H,21,22). The van der Waals surface area contributed by atoms with Crippen LogP contribution >= 0.6 is 34.5 Å². The summed E-state index contributed by atoms with van der Waals surface area (Å²) in [5, 5.41) is 4.46. The molecule has 0 bridgehead atoms. The van der Waals surface area contributed by atoms with Crippen LogP contribution in [0.4, 0.5) is 0 Å². The van der Waals surface area contributed by atoms with Crippen LogP contribution in [-0.2, 0) is 16.1 Å². The highest BCUT2D eigenvalue weighted by atomic mass is 35.5. The molecule has 2 aromatic carbocycles. The molecule has 0 atom stereocenters. The molecule has 128 valence electrons. The third-order valence-electron chi connectivity index (χ3n) is 3.46. The van der Waals surface area contributed by atoms with Gasteiger partial charge in [0.05, 0.1) is 5.02 Å². The third kappa shape index (κ3) is 4.31. The summed E-state index contributed by atoms with van der Waals surface area (Å²) in [7, 11) is 0. The lowest BCUT2D eigenvalue weighted by atomic mass is 10.2. The van der Waals surface area contributed by atoms with Gasteiger partial charge in [0.15, 0.2) is 6.61 Å². The van der Waals surface area contributed by atoms with Gasteiger partial charge in [0.2, 0.25) is 0 Å². The van der Waals surface area contributed by atoms with E-state index in [1.54, 1.807) is 12.1 Å². The Balaban J connectivity index is 1.55. The lowest BCUT2D eigenvalue weighted by Crippen LogP contribution is -2.28. The normalized spacial score (nSPS) is 10.6. The molecule has 0 aliphatic rings. The van der Waals surface area contributed by atoms with Gasteiger partial charge < -0.3 is 10.1 Å². The molecule has 0 aliphatic carbocycles. The van der Waals surface area contributed by atoms with Gasteiger partial charge in [0, 0.05) is 21.7 Å². The summed E-state index contributed by atoms with van der Waals surface area (Å²) in [6.45, 7) is -0.0335. The van der Waals surface area contributed by atoms with Gasteiger partial charge in [-0.1, -0.05) is 53.5 Å². The van der Waals surface area contributed by atoms with Crippen LogP contribution in [0.5, 0.6) is 0 Å². The monoisotopic (exact) mass is 393 g/mol. The van der Waals surface area contributed by atoms with Crippen molar-refractivity contribution >= 4 is 56.5 Å². The summed E-state index contributed by atoms with van der Waals surface area (Å²) in [6.07, 6.45) is 0. The fourth-order valence-corrected chi connectivity index (χ4v) is 3.72. The Morgan fingerprint density at radius 2 is 1.76 bits per heavy atom. The number of carbonyl (C=O) groups excluding carboxylic acids is 2. The van der Waals surface area contributed by atoms with Gasteiger partial charge in [-0.05, 0) is 23.8 Å². The van der Waals surface area contributed by atoms with E-state index in [0.717, 1.165) is 15.6 Å². The Morgan fingerprint density at radius 3 is 2.48 bits per heavy atom. The largest absolute Gasteiger partial charge is 0.451 e. The number of benzene rings is 2. The highest BCUT2D eigenvalue weighted by Crippen LogP contribution is 2.35. The zero-order valence-electron chi connectivity index (χ0n) is 12.9. The summed E-state index contributed by atoms with van der Waals surface area (Å²) in [5.74, 6) is -0.992. The number of rotatable bonds is 5. The van der Waals surface area contributed by atoms with Crippen molar-refractivity contribution in [2.75, 3.05) is 6.61 Å². The van der Waals surface area contributed by atoms with Gasteiger partial charge in [-0.3, -0.25) is 4.79 Å². The molecule has 1 heterocycles. The second-order valence-electron chi connectivity index (χ2n) is 5.22. The molecular weight excluding hydrogens is 381 g/mol. The first-order valence-corrected chi connectivity index (χ1v) is 8.97. The number of carbonyl (C=O) groups is 2. The smallest absolute Gasteiger partial charge is 0.350 e. The lowest BCUT2D eigenvalue weighted by Gasteiger charge is -2.06. The van der Waals surface area contributed by atoms with E-state index in [9.17, 15) is 9.59 Å². The number of amides is 1. The SMILES string of the molecule is O=C(COC(=O)c1sc2ccccc2c1Cl)NCc1ccc(Cl)cc1. The molecule has 3 rings (SSSR count). The molecule has 1 amide bonds. The fourth-order valence-electron chi connectivity index (χ4n) is 2.20. The first-order chi connectivity index (χ1) is 12.0. The molecule has 0 radical (unpaired) electrons. The summed E-state index contributed by atoms with van der Waals surface area (Å²) in [5.41, 5.74) is 0.900. The van der Waals surface area contributed by atoms with Crippen molar-refractivity contribution < 1.29 is 14.3 Å². The zero-order chi connectivity index (χ0) is 17.8. The average molecular weight is 394 g/mol. The van der Waals surface area contributed by atoms with Crippen LogP contribution in [0.2, 0.25) is 10.0 Å². The zero-order valence-corrected chi connectivity index (χ0v) is 15.3. The predicted molar refractivity (Wildman–Crippen MR) is 100 cm³/mol. The molecule has 0 saturated heterocycles. The van der Waals surface area contributed by atoms with Crippen LogP contribution in [-0.4, -0.2) is 18.5 Å².